The van der Waals surface area contributed by atoms with Gasteiger partial charge in [0.05, 0.1) is 0 Å². The Morgan fingerprint density at radius 3 is 1.83 bits per heavy atom. The van der Waals surface area contributed by atoms with Crippen molar-refractivity contribution in [1.29, 1.82) is 0 Å². The van der Waals surface area contributed by atoms with Gasteiger partial charge >= 0.3 is 0 Å². The minimum absolute atomic E-state index is 0.518. The molecular weight excluding hydrogens is 230 g/mol. The fourth-order valence-electron chi connectivity index (χ4n) is 1.83. The maximum Gasteiger partial charge on any atom is 0.270 e. The van der Waals surface area contributed by atoms with Crippen LogP contribution < -0.4 is 0 Å². The third-order valence-electron chi connectivity index (χ3n) is 2.88. The van der Waals surface area contributed by atoms with Gasteiger partial charge in [-0.25, -0.2) is 0 Å². The highest BCUT2D eigenvalue weighted by Crippen LogP contribution is 2.21. The predicted molar refractivity (Wildman–Crippen MR) is 71.4 cm³/mol. The monoisotopic (exact) mass is 244 g/mol. The van der Waals surface area contributed by atoms with E-state index in [-0.39, 0.29) is 0 Å². The number of hydrogen-bond donors (Lipinski definition) is 0. The van der Waals surface area contributed by atoms with Gasteiger partial charge in [0, 0.05) is 6.08 Å². The molecule has 0 spiro atoms. The summed E-state index contributed by atoms with van der Waals surface area (Å²) in [6.45, 7) is 2.11. The molecule has 0 unspecified atom stereocenters. The Hall–Kier alpha value is -1.96. The summed E-state index contributed by atoms with van der Waals surface area (Å²) < 4.78 is 24.2. The quantitative estimate of drug-likeness (QED) is 0.700. The molecular formula is C16H14F2. The summed E-state index contributed by atoms with van der Waals surface area (Å²) in [6.07, 6.45) is 0.207. The zero-order chi connectivity index (χ0) is 13.0. The zero-order valence-corrected chi connectivity index (χ0v) is 10.2. The summed E-state index contributed by atoms with van der Waals surface area (Å²) in [5, 5.41) is 0. The third-order valence-corrected chi connectivity index (χ3v) is 2.88. The molecule has 0 fully saturated rings. The van der Waals surface area contributed by atoms with E-state index in [9.17, 15) is 8.78 Å². The van der Waals surface area contributed by atoms with Crippen molar-refractivity contribution in [1.82, 2.24) is 0 Å². The molecule has 18 heavy (non-hydrogen) atoms. The Labute approximate surface area is 106 Å². The second-order valence-corrected chi connectivity index (χ2v) is 4.11. The largest absolute Gasteiger partial charge is 0.270 e. The van der Waals surface area contributed by atoms with Crippen LogP contribution >= 0.6 is 0 Å². The van der Waals surface area contributed by atoms with E-state index in [0.717, 1.165) is 23.6 Å². The van der Waals surface area contributed by atoms with Crippen molar-refractivity contribution in [3.8, 4) is 11.1 Å². The first-order valence-corrected chi connectivity index (χ1v) is 5.91. The second kappa shape index (κ2) is 5.58. The maximum atomic E-state index is 12.1. The number of hydrogen-bond acceptors (Lipinski definition) is 0. The third kappa shape index (κ3) is 3.04. The van der Waals surface area contributed by atoms with Gasteiger partial charge in [0.15, 0.2) is 0 Å². The van der Waals surface area contributed by atoms with Crippen LogP contribution in [0, 0.1) is 0 Å². The molecule has 0 aliphatic heterocycles. The Morgan fingerprint density at radius 2 is 1.39 bits per heavy atom. The molecule has 2 aromatic carbocycles. The molecule has 2 rings (SSSR count). The van der Waals surface area contributed by atoms with Crippen molar-refractivity contribution in [2.75, 3.05) is 0 Å². The Kier molecular flexibility index (Phi) is 3.88. The highest BCUT2D eigenvalue weighted by Gasteiger charge is 1.98. The van der Waals surface area contributed by atoms with Gasteiger partial charge in [-0.2, -0.15) is 8.78 Å². The van der Waals surface area contributed by atoms with E-state index >= 15 is 0 Å². The van der Waals surface area contributed by atoms with Crippen LogP contribution in [-0.4, -0.2) is 0 Å². The molecule has 92 valence electrons. The van der Waals surface area contributed by atoms with E-state index in [4.69, 9.17) is 0 Å². The fourth-order valence-corrected chi connectivity index (χ4v) is 1.83. The molecule has 0 saturated heterocycles. The Balaban J connectivity index is 2.25. The van der Waals surface area contributed by atoms with E-state index in [0.29, 0.717) is 5.56 Å². The molecule has 0 amide bonds. The molecule has 2 heteroatoms. The first kappa shape index (κ1) is 12.5. The van der Waals surface area contributed by atoms with Crippen LogP contribution in [0.4, 0.5) is 8.78 Å². The van der Waals surface area contributed by atoms with Crippen LogP contribution in [0.1, 0.15) is 18.1 Å². The van der Waals surface area contributed by atoms with Crippen molar-refractivity contribution in [2.24, 2.45) is 0 Å². The van der Waals surface area contributed by atoms with Crippen LogP contribution in [0.25, 0.3) is 17.2 Å². The van der Waals surface area contributed by atoms with E-state index in [2.05, 4.69) is 31.2 Å². The normalized spacial score (nSPS) is 10.2. The van der Waals surface area contributed by atoms with Gasteiger partial charge < -0.3 is 0 Å². The van der Waals surface area contributed by atoms with Crippen molar-refractivity contribution in [3.63, 3.8) is 0 Å². The first-order chi connectivity index (χ1) is 8.69. The van der Waals surface area contributed by atoms with Gasteiger partial charge in [0.2, 0.25) is 0 Å². The lowest BCUT2D eigenvalue weighted by atomic mass is 10.0. The van der Waals surface area contributed by atoms with Gasteiger partial charge in [-0.15, -0.1) is 0 Å². The smallest absolute Gasteiger partial charge is 0.173 e. The molecule has 0 aliphatic rings. The number of aryl methyl sites for hydroxylation is 1. The minimum Gasteiger partial charge on any atom is -0.173 e. The molecule has 2 aromatic rings. The molecule has 0 radical (unpaired) electrons. The first-order valence-electron chi connectivity index (χ1n) is 5.91. The summed E-state index contributed by atoms with van der Waals surface area (Å²) in [5.41, 5.74) is 3.94. The summed E-state index contributed by atoms with van der Waals surface area (Å²) in [5.74, 6) is 0. The highest BCUT2D eigenvalue weighted by atomic mass is 19.3. The fraction of sp³-hybridized carbons (Fsp3) is 0.125. The average molecular weight is 244 g/mol. The van der Waals surface area contributed by atoms with Crippen molar-refractivity contribution in [2.45, 2.75) is 13.3 Å². The van der Waals surface area contributed by atoms with E-state index in [1.54, 1.807) is 12.1 Å². The molecule has 0 bridgehead atoms. The van der Waals surface area contributed by atoms with Gasteiger partial charge in [0.1, 0.15) is 0 Å². The number of rotatable bonds is 3. The summed E-state index contributed by atoms with van der Waals surface area (Å²) in [7, 11) is 0. The van der Waals surface area contributed by atoms with Gasteiger partial charge in [-0.05, 0) is 28.7 Å². The van der Waals surface area contributed by atoms with Crippen molar-refractivity contribution < 1.29 is 8.78 Å². The van der Waals surface area contributed by atoms with Crippen molar-refractivity contribution in [3.05, 3.63) is 65.7 Å². The standard InChI is InChI=1S/C16H14F2/c1-2-12-3-7-14(8-4-12)15-9-5-13(6-10-15)11-16(17)18/h3-11H,2H2,1H3. The second-order valence-electron chi connectivity index (χ2n) is 4.11. The minimum atomic E-state index is -1.67. The number of halogens is 2. The summed E-state index contributed by atoms with van der Waals surface area (Å²) in [4.78, 5) is 0. The van der Waals surface area contributed by atoms with E-state index in [1.165, 1.54) is 5.56 Å². The van der Waals surface area contributed by atoms with E-state index in [1.807, 2.05) is 12.1 Å². The van der Waals surface area contributed by atoms with Crippen LogP contribution in [0.3, 0.4) is 0 Å². The van der Waals surface area contributed by atoms with Gasteiger partial charge in [-0.1, -0.05) is 55.5 Å². The van der Waals surface area contributed by atoms with Gasteiger partial charge in [-0.3, -0.25) is 0 Å². The molecule has 0 aliphatic carbocycles. The molecule has 0 heterocycles. The molecule has 0 atom stereocenters. The SMILES string of the molecule is CCc1ccc(-c2ccc(C=C(F)F)cc2)cc1. The van der Waals surface area contributed by atoms with Crippen LogP contribution in [-0.2, 0) is 6.42 Å². The van der Waals surface area contributed by atoms with Crippen LogP contribution in [0.2, 0.25) is 0 Å². The van der Waals surface area contributed by atoms with Crippen molar-refractivity contribution >= 4 is 6.08 Å². The van der Waals surface area contributed by atoms with E-state index < -0.39 is 6.08 Å². The van der Waals surface area contributed by atoms with Gasteiger partial charge in [0.25, 0.3) is 6.08 Å². The lowest BCUT2D eigenvalue weighted by Gasteiger charge is -2.03. The highest BCUT2D eigenvalue weighted by molar-refractivity contribution is 5.66. The lowest BCUT2D eigenvalue weighted by Crippen LogP contribution is -1.82. The molecule has 0 N–H and O–H groups in total. The lowest BCUT2D eigenvalue weighted by molar-refractivity contribution is 0.429. The van der Waals surface area contributed by atoms with Crippen LogP contribution in [0.15, 0.2) is 54.6 Å². The summed E-state index contributed by atoms with van der Waals surface area (Å²) >= 11 is 0. The Bertz CT molecular complexity index is 532. The zero-order valence-electron chi connectivity index (χ0n) is 10.2. The molecule has 0 saturated carbocycles. The molecule has 0 aromatic heterocycles. The molecule has 0 nitrogen and oxygen atoms in total. The summed E-state index contributed by atoms with van der Waals surface area (Å²) in [6, 6.07) is 15.4. The predicted octanol–water partition coefficient (Wildman–Crippen LogP) is 5.15. The topological polar surface area (TPSA) is 0 Å². The Morgan fingerprint density at radius 1 is 0.889 bits per heavy atom. The number of benzene rings is 2. The maximum absolute atomic E-state index is 12.1. The average Bonchev–Trinajstić information content (AvgIpc) is 2.39. The van der Waals surface area contributed by atoms with Crippen LogP contribution in [0.5, 0.6) is 0 Å².